The molecule has 1 heterocycles. The number of aryl methyl sites for hydroxylation is 3. The van der Waals surface area contributed by atoms with Crippen LogP contribution in [0.15, 0.2) is 42.5 Å². The maximum Gasteiger partial charge on any atom is 0.229 e. The molecular weight excluding hydrogens is 348 g/mol. The Morgan fingerprint density at radius 1 is 0.962 bits per heavy atom. The van der Waals surface area contributed by atoms with Crippen molar-refractivity contribution in [3.8, 4) is 5.75 Å². The number of anilines is 4. The van der Waals surface area contributed by atoms with Gasteiger partial charge in [-0.2, -0.15) is 4.98 Å². The Kier molecular flexibility index (Phi) is 5.28. The summed E-state index contributed by atoms with van der Waals surface area (Å²) in [7, 11) is 1.64. The Morgan fingerprint density at radius 2 is 1.77 bits per heavy atom. The van der Waals surface area contributed by atoms with E-state index in [1.54, 1.807) is 7.11 Å². The normalized spacial score (nSPS) is 10.5. The van der Waals surface area contributed by atoms with Crippen LogP contribution >= 0.6 is 11.6 Å². The zero-order valence-corrected chi connectivity index (χ0v) is 16.0. The third-order valence-electron chi connectivity index (χ3n) is 3.86. The molecule has 3 rings (SSSR count). The molecule has 0 saturated heterocycles. The van der Waals surface area contributed by atoms with Gasteiger partial charge in [-0.05, 0) is 50.1 Å². The molecule has 3 aromatic rings. The van der Waals surface area contributed by atoms with Crippen LogP contribution in [0.4, 0.5) is 23.1 Å². The van der Waals surface area contributed by atoms with Crippen molar-refractivity contribution in [1.82, 2.24) is 9.97 Å². The molecule has 0 saturated carbocycles. The summed E-state index contributed by atoms with van der Waals surface area (Å²) in [4.78, 5) is 9.02. The first-order valence-electron chi connectivity index (χ1n) is 8.25. The van der Waals surface area contributed by atoms with Crippen LogP contribution in [0.3, 0.4) is 0 Å². The van der Waals surface area contributed by atoms with Crippen molar-refractivity contribution in [3.05, 3.63) is 64.3 Å². The molecule has 0 bridgehead atoms. The van der Waals surface area contributed by atoms with Gasteiger partial charge in [-0.3, -0.25) is 0 Å². The van der Waals surface area contributed by atoms with E-state index in [2.05, 4.69) is 26.7 Å². The van der Waals surface area contributed by atoms with Gasteiger partial charge in [0.2, 0.25) is 5.95 Å². The highest BCUT2D eigenvalue weighted by molar-refractivity contribution is 6.33. The smallest absolute Gasteiger partial charge is 0.229 e. The van der Waals surface area contributed by atoms with E-state index in [0.29, 0.717) is 16.8 Å². The fourth-order valence-corrected chi connectivity index (χ4v) is 3.09. The van der Waals surface area contributed by atoms with Gasteiger partial charge in [-0.1, -0.05) is 23.7 Å². The molecular formula is C20H21ClN4O. The van der Waals surface area contributed by atoms with Crippen molar-refractivity contribution in [2.24, 2.45) is 0 Å². The first-order valence-corrected chi connectivity index (χ1v) is 8.63. The number of aromatic nitrogens is 2. The third kappa shape index (κ3) is 4.24. The average Bonchev–Trinajstić information content (AvgIpc) is 2.58. The lowest BCUT2D eigenvalue weighted by molar-refractivity contribution is 0.415. The monoisotopic (exact) mass is 368 g/mol. The maximum atomic E-state index is 6.38. The first kappa shape index (κ1) is 18.0. The summed E-state index contributed by atoms with van der Waals surface area (Å²) >= 11 is 6.38. The summed E-state index contributed by atoms with van der Waals surface area (Å²) in [5.41, 5.74) is 4.70. The second-order valence-corrected chi connectivity index (χ2v) is 6.55. The average molecular weight is 369 g/mol. The summed E-state index contributed by atoms with van der Waals surface area (Å²) in [6.07, 6.45) is 0. The molecule has 0 atom stereocenters. The number of nitrogens with one attached hydrogen (secondary N) is 2. The number of halogens is 1. The number of nitrogens with zero attached hydrogens (tertiary/aromatic N) is 2. The summed E-state index contributed by atoms with van der Waals surface area (Å²) in [5.74, 6) is 1.96. The van der Waals surface area contributed by atoms with E-state index in [4.69, 9.17) is 16.3 Å². The molecule has 0 aliphatic rings. The van der Waals surface area contributed by atoms with Crippen LogP contribution in [0.25, 0.3) is 0 Å². The minimum absolute atomic E-state index is 0.490. The van der Waals surface area contributed by atoms with Gasteiger partial charge in [0.1, 0.15) is 11.6 Å². The zero-order valence-electron chi connectivity index (χ0n) is 15.2. The summed E-state index contributed by atoms with van der Waals surface area (Å²) in [6.45, 7) is 5.95. The molecule has 2 aromatic carbocycles. The van der Waals surface area contributed by atoms with E-state index < -0.39 is 0 Å². The van der Waals surface area contributed by atoms with Crippen LogP contribution in [-0.2, 0) is 0 Å². The van der Waals surface area contributed by atoms with E-state index in [9.17, 15) is 0 Å². The summed E-state index contributed by atoms with van der Waals surface area (Å²) < 4.78 is 5.26. The lowest BCUT2D eigenvalue weighted by atomic mass is 10.1. The van der Waals surface area contributed by atoms with E-state index in [1.165, 1.54) is 0 Å². The Hall–Kier alpha value is -2.79. The highest BCUT2D eigenvalue weighted by atomic mass is 35.5. The molecule has 0 spiro atoms. The van der Waals surface area contributed by atoms with Crippen molar-refractivity contribution in [2.75, 3.05) is 17.7 Å². The van der Waals surface area contributed by atoms with Crippen molar-refractivity contribution >= 4 is 34.7 Å². The first-order chi connectivity index (χ1) is 12.4. The van der Waals surface area contributed by atoms with Gasteiger partial charge in [-0.25, -0.2) is 4.98 Å². The van der Waals surface area contributed by atoms with Gasteiger partial charge in [0.05, 0.1) is 17.8 Å². The highest BCUT2D eigenvalue weighted by Gasteiger charge is 2.09. The number of hydrogen-bond acceptors (Lipinski definition) is 5. The standard InChI is InChI=1S/C20H21ClN4O/c1-12-8-13(2)19(17(21)9-12)25-20-22-14(3)10-18(24-20)23-15-6-5-7-16(11-15)26-4/h5-11H,1-4H3,(H2,22,23,24,25). The van der Waals surface area contributed by atoms with Gasteiger partial charge in [0, 0.05) is 23.5 Å². The molecule has 0 fully saturated rings. The van der Waals surface area contributed by atoms with Crippen molar-refractivity contribution < 1.29 is 4.74 Å². The Balaban J connectivity index is 1.88. The van der Waals surface area contributed by atoms with Crippen LogP contribution in [0.1, 0.15) is 16.8 Å². The van der Waals surface area contributed by atoms with E-state index >= 15 is 0 Å². The third-order valence-corrected chi connectivity index (χ3v) is 4.16. The topological polar surface area (TPSA) is 59.1 Å². The molecule has 5 nitrogen and oxygen atoms in total. The Labute approximate surface area is 158 Å². The second kappa shape index (κ2) is 7.62. The van der Waals surface area contributed by atoms with Crippen molar-refractivity contribution in [2.45, 2.75) is 20.8 Å². The lowest BCUT2D eigenvalue weighted by Crippen LogP contribution is -2.04. The molecule has 1 aromatic heterocycles. The summed E-state index contributed by atoms with van der Waals surface area (Å²) in [5, 5.41) is 7.17. The maximum absolute atomic E-state index is 6.38. The van der Waals surface area contributed by atoms with Crippen LogP contribution in [0, 0.1) is 20.8 Å². The number of ether oxygens (including phenoxy) is 1. The van der Waals surface area contributed by atoms with Gasteiger partial charge < -0.3 is 15.4 Å². The van der Waals surface area contributed by atoms with Gasteiger partial charge >= 0.3 is 0 Å². The molecule has 0 aliphatic carbocycles. The predicted molar refractivity (Wildman–Crippen MR) is 107 cm³/mol. The SMILES string of the molecule is COc1cccc(Nc2cc(C)nc(Nc3c(C)cc(C)cc3Cl)n2)c1. The fourth-order valence-electron chi connectivity index (χ4n) is 2.72. The van der Waals surface area contributed by atoms with Crippen molar-refractivity contribution in [3.63, 3.8) is 0 Å². The van der Waals surface area contributed by atoms with Gasteiger partial charge in [0.25, 0.3) is 0 Å². The minimum Gasteiger partial charge on any atom is -0.497 e. The van der Waals surface area contributed by atoms with Crippen molar-refractivity contribution in [1.29, 1.82) is 0 Å². The molecule has 2 N–H and O–H groups in total. The number of methoxy groups -OCH3 is 1. The zero-order chi connectivity index (χ0) is 18.7. The molecule has 0 radical (unpaired) electrons. The molecule has 26 heavy (non-hydrogen) atoms. The second-order valence-electron chi connectivity index (χ2n) is 6.14. The molecule has 0 aliphatic heterocycles. The number of benzene rings is 2. The van der Waals surface area contributed by atoms with Crippen LogP contribution < -0.4 is 15.4 Å². The Morgan fingerprint density at radius 3 is 2.50 bits per heavy atom. The van der Waals surface area contributed by atoms with Crippen LogP contribution in [0.2, 0.25) is 5.02 Å². The molecule has 134 valence electrons. The number of rotatable bonds is 5. The Bertz CT molecular complexity index is 920. The minimum atomic E-state index is 0.490. The van der Waals surface area contributed by atoms with Crippen LogP contribution in [-0.4, -0.2) is 17.1 Å². The summed E-state index contributed by atoms with van der Waals surface area (Å²) in [6, 6.07) is 13.5. The lowest BCUT2D eigenvalue weighted by Gasteiger charge is -2.13. The van der Waals surface area contributed by atoms with E-state index in [1.807, 2.05) is 57.2 Å². The van der Waals surface area contributed by atoms with Crippen LogP contribution in [0.5, 0.6) is 5.75 Å². The predicted octanol–water partition coefficient (Wildman–Crippen LogP) is 5.55. The highest BCUT2D eigenvalue weighted by Crippen LogP contribution is 2.30. The van der Waals surface area contributed by atoms with E-state index in [0.717, 1.165) is 33.9 Å². The molecule has 6 heteroatoms. The number of hydrogen-bond donors (Lipinski definition) is 2. The van der Waals surface area contributed by atoms with Gasteiger partial charge in [0.15, 0.2) is 0 Å². The largest absolute Gasteiger partial charge is 0.497 e. The van der Waals surface area contributed by atoms with E-state index in [-0.39, 0.29) is 0 Å². The quantitative estimate of drug-likeness (QED) is 0.618. The fraction of sp³-hybridized carbons (Fsp3) is 0.200. The molecule has 0 unspecified atom stereocenters. The van der Waals surface area contributed by atoms with Gasteiger partial charge in [-0.15, -0.1) is 0 Å². The molecule has 0 amide bonds.